The number of hydrogen-bond acceptors (Lipinski definition) is 2. The smallest absolute Gasteiger partial charge is 0.261 e. The van der Waals surface area contributed by atoms with Crippen molar-refractivity contribution in [3.05, 3.63) is 62.1 Å². The zero-order chi connectivity index (χ0) is 17.9. The Balaban J connectivity index is 2.02. The van der Waals surface area contributed by atoms with Gasteiger partial charge in [-0.15, -0.1) is 0 Å². The van der Waals surface area contributed by atoms with E-state index in [2.05, 4.69) is 5.32 Å². The average molecular weight is 407 g/mol. The molecule has 0 spiro atoms. The Bertz CT molecular complexity index is 731. The van der Waals surface area contributed by atoms with E-state index in [4.69, 9.17) is 51.1 Å². The molecule has 0 saturated carbocycles. The summed E-state index contributed by atoms with van der Waals surface area (Å²) < 4.78 is 5.59. The second-order valence-corrected chi connectivity index (χ2v) is 6.98. The predicted molar refractivity (Wildman–Crippen MR) is 99.6 cm³/mol. The molecule has 2 rings (SSSR count). The molecule has 0 saturated heterocycles. The number of rotatable bonds is 5. The Hall–Kier alpha value is -1.13. The Labute approximate surface area is 160 Å². The maximum atomic E-state index is 12.3. The number of amides is 1. The second-order valence-electron chi connectivity index (χ2n) is 5.26. The van der Waals surface area contributed by atoms with Crippen molar-refractivity contribution in [3.8, 4) is 5.75 Å². The first kappa shape index (κ1) is 19.2. The minimum atomic E-state index is -0.729. The standard InChI is InChI=1S/C17H15Cl4NO2/c1-9(15-4-3-11(18)8-16(15)21)22-17(23)10(2)24-14-6-12(19)5-13(20)7-14/h3-10H,1-2H3,(H,22,23)/t9-,10+/m0/s1. The highest BCUT2D eigenvalue weighted by Gasteiger charge is 2.19. The zero-order valence-electron chi connectivity index (χ0n) is 12.9. The van der Waals surface area contributed by atoms with Gasteiger partial charge in [-0.25, -0.2) is 0 Å². The van der Waals surface area contributed by atoms with Gasteiger partial charge in [0, 0.05) is 20.1 Å². The lowest BCUT2D eigenvalue weighted by atomic mass is 10.1. The van der Waals surface area contributed by atoms with Crippen LogP contribution in [0.25, 0.3) is 0 Å². The van der Waals surface area contributed by atoms with Gasteiger partial charge in [-0.1, -0.05) is 52.5 Å². The van der Waals surface area contributed by atoms with Gasteiger partial charge in [-0.2, -0.15) is 0 Å². The molecule has 2 aromatic rings. The number of halogens is 4. The Morgan fingerprint density at radius 3 is 2.17 bits per heavy atom. The van der Waals surface area contributed by atoms with Crippen molar-refractivity contribution in [1.29, 1.82) is 0 Å². The molecule has 7 heteroatoms. The van der Waals surface area contributed by atoms with Gasteiger partial charge in [-0.3, -0.25) is 4.79 Å². The van der Waals surface area contributed by atoms with Crippen LogP contribution in [0.5, 0.6) is 5.75 Å². The van der Waals surface area contributed by atoms with Crippen LogP contribution >= 0.6 is 46.4 Å². The fourth-order valence-electron chi connectivity index (χ4n) is 2.12. The van der Waals surface area contributed by atoms with Gasteiger partial charge in [-0.05, 0) is 49.7 Å². The van der Waals surface area contributed by atoms with Crippen LogP contribution in [0, 0.1) is 0 Å². The molecule has 1 N–H and O–H groups in total. The molecular formula is C17H15Cl4NO2. The van der Waals surface area contributed by atoms with E-state index in [1.54, 1.807) is 43.3 Å². The van der Waals surface area contributed by atoms with Gasteiger partial charge in [0.05, 0.1) is 6.04 Å². The third-order valence-electron chi connectivity index (χ3n) is 3.31. The third kappa shape index (κ3) is 5.18. The fraction of sp³-hybridized carbons (Fsp3) is 0.235. The summed E-state index contributed by atoms with van der Waals surface area (Å²) in [5, 5.41) is 4.75. The average Bonchev–Trinajstić information content (AvgIpc) is 2.45. The summed E-state index contributed by atoms with van der Waals surface area (Å²) in [4.78, 5) is 12.3. The lowest BCUT2D eigenvalue weighted by Crippen LogP contribution is -2.37. The van der Waals surface area contributed by atoms with Crippen molar-refractivity contribution >= 4 is 52.3 Å². The van der Waals surface area contributed by atoms with Gasteiger partial charge in [0.25, 0.3) is 5.91 Å². The quantitative estimate of drug-likeness (QED) is 0.666. The molecular weight excluding hydrogens is 392 g/mol. The first-order valence-electron chi connectivity index (χ1n) is 7.14. The molecule has 2 atom stereocenters. The van der Waals surface area contributed by atoms with E-state index >= 15 is 0 Å². The van der Waals surface area contributed by atoms with Crippen LogP contribution in [0.4, 0.5) is 0 Å². The molecule has 24 heavy (non-hydrogen) atoms. The Kier molecular flexibility index (Phi) is 6.64. The molecule has 0 aliphatic heterocycles. The highest BCUT2D eigenvalue weighted by atomic mass is 35.5. The molecule has 0 fully saturated rings. The fourth-order valence-corrected chi connectivity index (χ4v) is 3.19. The van der Waals surface area contributed by atoms with Crippen LogP contribution in [-0.2, 0) is 4.79 Å². The van der Waals surface area contributed by atoms with E-state index in [-0.39, 0.29) is 11.9 Å². The second kappa shape index (κ2) is 8.30. The summed E-state index contributed by atoms with van der Waals surface area (Å²) in [6.45, 7) is 3.47. The molecule has 0 unspecified atom stereocenters. The summed E-state index contributed by atoms with van der Waals surface area (Å²) in [6, 6.07) is 9.61. The molecule has 0 aliphatic rings. The van der Waals surface area contributed by atoms with Crippen molar-refractivity contribution in [1.82, 2.24) is 5.32 Å². The van der Waals surface area contributed by atoms with Crippen LogP contribution in [0.15, 0.2) is 36.4 Å². The normalized spacial score (nSPS) is 13.2. The van der Waals surface area contributed by atoms with E-state index in [1.165, 1.54) is 0 Å². The maximum absolute atomic E-state index is 12.3. The van der Waals surface area contributed by atoms with Crippen molar-refractivity contribution in [3.63, 3.8) is 0 Å². The summed E-state index contributed by atoms with van der Waals surface area (Å²) >= 11 is 23.9. The first-order valence-corrected chi connectivity index (χ1v) is 8.65. The molecule has 0 radical (unpaired) electrons. The minimum Gasteiger partial charge on any atom is -0.481 e. The number of hydrogen-bond donors (Lipinski definition) is 1. The maximum Gasteiger partial charge on any atom is 0.261 e. The summed E-state index contributed by atoms with van der Waals surface area (Å²) in [7, 11) is 0. The van der Waals surface area contributed by atoms with E-state index in [9.17, 15) is 4.79 Å². The first-order chi connectivity index (χ1) is 11.3. The molecule has 128 valence electrons. The number of benzene rings is 2. The molecule has 0 aliphatic carbocycles. The molecule has 2 aromatic carbocycles. The number of nitrogens with one attached hydrogen (secondary N) is 1. The number of carbonyl (C=O) groups excluding carboxylic acids is 1. The van der Waals surface area contributed by atoms with Crippen LogP contribution in [0.1, 0.15) is 25.5 Å². The van der Waals surface area contributed by atoms with Crippen molar-refractivity contribution in [2.45, 2.75) is 26.0 Å². The van der Waals surface area contributed by atoms with Gasteiger partial charge in [0.2, 0.25) is 0 Å². The predicted octanol–water partition coefficient (Wildman–Crippen LogP) is 5.94. The largest absolute Gasteiger partial charge is 0.481 e. The van der Waals surface area contributed by atoms with Crippen molar-refractivity contribution < 1.29 is 9.53 Å². The van der Waals surface area contributed by atoms with Crippen LogP contribution in [0.3, 0.4) is 0 Å². The SMILES string of the molecule is C[C@H](NC(=O)[C@@H](C)Oc1cc(Cl)cc(Cl)c1)c1ccc(Cl)cc1Cl. The number of carbonyl (C=O) groups is 1. The lowest BCUT2D eigenvalue weighted by Gasteiger charge is -2.20. The zero-order valence-corrected chi connectivity index (χ0v) is 16.0. The topological polar surface area (TPSA) is 38.3 Å². The minimum absolute atomic E-state index is 0.287. The molecule has 0 aromatic heterocycles. The highest BCUT2D eigenvalue weighted by molar-refractivity contribution is 6.35. The van der Waals surface area contributed by atoms with E-state index in [0.29, 0.717) is 25.8 Å². The van der Waals surface area contributed by atoms with Gasteiger partial charge < -0.3 is 10.1 Å². The van der Waals surface area contributed by atoms with Crippen molar-refractivity contribution in [2.24, 2.45) is 0 Å². The van der Waals surface area contributed by atoms with Crippen molar-refractivity contribution in [2.75, 3.05) is 0 Å². The van der Waals surface area contributed by atoms with Crippen LogP contribution in [-0.4, -0.2) is 12.0 Å². The van der Waals surface area contributed by atoms with E-state index in [0.717, 1.165) is 5.56 Å². The Morgan fingerprint density at radius 2 is 1.58 bits per heavy atom. The number of ether oxygens (including phenoxy) is 1. The van der Waals surface area contributed by atoms with E-state index < -0.39 is 6.10 Å². The summed E-state index contributed by atoms with van der Waals surface area (Å²) in [5.74, 6) is 0.136. The Morgan fingerprint density at radius 1 is 0.958 bits per heavy atom. The summed E-state index contributed by atoms with van der Waals surface area (Å²) in [6.07, 6.45) is -0.729. The summed E-state index contributed by atoms with van der Waals surface area (Å²) in [5.41, 5.74) is 0.771. The lowest BCUT2D eigenvalue weighted by molar-refractivity contribution is -0.127. The van der Waals surface area contributed by atoms with E-state index in [1.807, 2.05) is 6.92 Å². The van der Waals surface area contributed by atoms with Gasteiger partial charge in [0.15, 0.2) is 6.10 Å². The highest BCUT2D eigenvalue weighted by Crippen LogP contribution is 2.27. The molecule has 0 bridgehead atoms. The van der Waals surface area contributed by atoms with Crippen LogP contribution < -0.4 is 10.1 Å². The monoisotopic (exact) mass is 405 g/mol. The third-order valence-corrected chi connectivity index (χ3v) is 4.30. The molecule has 1 amide bonds. The van der Waals surface area contributed by atoms with Crippen LogP contribution in [0.2, 0.25) is 20.1 Å². The molecule has 0 heterocycles. The van der Waals surface area contributed by atoms with Gasteiger partial charge in [0.1, 0.15) is 5.75 Å². The molecule has 3 nitrogen and oxygen atoms in total. The van der Waals surface area contributed by atoms with Gasteiger partial charge >= 0.3 is 0 Å².